The Balaban J connectivity index is 2.36. The van der Waals surface area contributed by atoms with Crippen LogP contribution < -0.4 is 5.32 Å². The first-order chi connectivity index (χ1) is 8.06. The maximum Gasteiger partial charge on any atom is 0.216 e. The van der Waals surface area contributed by atoms with E-state index in [1.165, 1.54) is 17.1 Å². The zero-order valence-corrected chi connectivity index (χ0v) is 11.6. The number of rotatable bonds is 7. The summed E-state index contributed by atoms with van der Waals surface area (Å²) < 4.78 is 30.3. The van der Waals surface area contributed by atoms with Gasteiger partial charge in [-0.05, 0) is 26.3 Å². The number of nitrogens with one attached hydrogen (secondary N) is 1. The van der Waals surface area contributed by atoms with Crippen molar-refractivity contribution in [3.63, 3.8) is 0 Å². The molecule has 1 N–H and O–H groups in total. The highest BCUT2D eigenvalue weighted by molar-refractivity contribution is 7.89. The van der Waals surface area contributed by atoms with Gasteiger partial charge in [-0.3, -0.25) is 0 Å². The molecule has 17 heavy (non-hydrogen) atoms. The van der Waals surface area contributed by atoms with Gasteiger partial charge in [-0.25, -0.2) is 12.7 Å². The summed E-state index contributed by atoms with van der Waals surface area (Å²) in [6.45, 7) is 4.26. The molecule has 0 aromatic carbocycles. The van der Waals surface area contributed by atoms with Gasteiger partial charge in [0.25, 0.3) is 0 Å². The lowest BCUT2D eigenvalue weighted by molar-refractivity contribution is 0.162. The van der Waals surface area contributed by atoms with Crippen LogP contribution in [0, 0.1) is 0 Å². The van der Waals surface area contributed by atoms with Crippen LogP contribution >= 0.6 is 0 Å². The zero-order chi connectivity index (χ0) is 12.7. The minimum Gasteiger partial charge on any atom is -0.381 e. The van der Waals surface area contributed by atoms with Gasteiger partial charge in [0.1, 0.15) is 0 Å². The highest BCUT2D eigenvalue weighted by Crippen LogP contribution is 2.09. The van der Waals surface area contributed by atoms with E-state index in [4.69, 9.17) is 4.74 Å². The lowest BCUT2D eigenvalue weighted by atomic mass is 10.1. The van der Waals surface area contributed by atoms with Crippen LogP contribution in [0.3, 0.4) is 0 Å². The van der Waals surface area contributed by atoms with Crippen LogP contribution in [0.2, 0.25) is 0 Å². The van der Waals surface area contributed by atoms with Crippen molar-refractivity contribution in [3.05, 3.63) is 0 Å². The van der Waals surface area contributed by atoms with Crippen LogP contribution in [0.1, 0.15) is 26.2 Å². The fourth-order valence-electron chi connectivity index (χ4n) is 1.97. The van der Waals surface area contributed by atoms with E-state index in [1.807, 2.05) is 6.92 Å². The van der Waals surface area contributed by atoms with Crippen molar-refractivity contribution in [1.82, 2.24) is 9.62 Å². The van der Waals surface area contributed by atoms with E-state index >= 15 is 0 Å². The Morgan fingerprint density at radius 1 is 1.41 bits per heavy atom. The molecule has 102 valence electrons. The molecule has 0 aliphatic carbocycles. The fourth-order valence-corrected chi connectivity index (χ4v) is 3.02. The second kappa shape index (κ2) is 7.31. The van der Waals surface area contributed by atoms with Crippen LogP contribution in [0.15, 0.2) is 0 Å². The van der Waals surface area contributed by atoms with Gasteiger partial charge in [0.2, 0.25) is 10.0 Å². The first-order valence-electron chi connectivity index (χ1n) is 6.31. The van der Waals surface area contributed by atoms with Gasteiger partial charge >= 0.3 is 0 Å². The summed E-state index contributed by atoms with van der Waals surface area (Å²) in [5.74, 6) is 0.0735. The molecule has 0 aromatic heterocycles. The van der Waals surface area contributed by atoms with Gasteiger partial charge in [0.05, 0.1) is 12.4 Å². The average Bonchev–Trinajstić information content (AvgIpc) is 2.30. The first kappa shape index (κ1) is 14.9. The third-order valence-electron chi connectivity index (χ3n) is 3.05. The van der Waals surface area contributed by atoms with E-state index in [0.29, 0.717) is 19.2 Å². The summed E-state index contributed by atoms with van der Waals surface area (Å²) >= 11 is 0. The molecule has 1 aliphatic rings. The molecule has 1 unspecified atom stereocenters. The lowest BCUT2D eigenvalue weighted by Crippen LogP contribution is -2.45. The predicted molar refractivity (Wildman–Crippen MR) is 68.6 cm³/mol. The summed E-state index contributed by atoms with van der Waals surface area (Å²) in [6.07, 6.45) is 3.44. The van der Waals surface area contributed by atoms with Gasteiger partial charge in [-0.15, -0.1) is 0 Å². The second-order valence-electron chi connectivity index (χ2n) is 4.44. The molecule has 1 saturated heterocycles. The van der Waals surface area contributed by atoms with Crippen molar-refractivity contribution in [2.45, 2.75) is 32.2 Å². The van der Waals surface area contributed by atoms with E-state index < -0.39 is 10.0 Å². The van der Waals surface area contributed by atoms with Crippen LogP contribution in [-0.4, -0.2) is 57.9 Å². The van der Waals surface area contributed by atoms with Crippen molar-refractivity contribution < 1.29 is 13.2 Å². The van der Waals surface area contributed by atoms with Gasteiger partial charge in [0, 0.05) is 26.2 Å². The van der Waals surface area contributed by atoms with E-state index in [2.05, 4.69) is 5.32 Å². The van der Waals surface area contributed by atoms with Crippen molar-refractivity contribution in [1.29, 1.82) is 0 Å². The van der Waals surface area contributed by atoms with Crippen molar-refractivity contribution in [2.24, 2.45) is 0 Å². The number of sulfonamides is 1. The fraction of sp³-hybridized carbons (Fsp3) is 1.00. The van der Waals surface area contributed by atoms with Crippen LogP contribution in [-0.2, 0) is 14.8 Å². The molecule has 1 fully saturated rings. The first-order valence-corrected chi connectivity index (χ1v) is 7.92. The van der Waals surface area contributed by atoms with Crippen molar-refractivity contribution in [3.8, 4) is 0 Å². The third-order valence-corrected chi connectivity index (χ3v) is 4.84. The SMILES string of the molecule is CCOCCS(=O)(=O)N(C)CC1CCCCN1. The Bertz CT molecular complexity index is 300. The molecule has 0 aromatic rings. The standard InChI is InChI=1S/C11H24N2O3S/c1-3-16-8-9-17(14,15)13(2)10-11-6-4-5-7-12-11/h11-12H,3-10H2,1-2H3. The zero-order valence-electron chi connectivity index (χ0n) is 10.8. The molecular formula is C11H24N2O3S. The molecule has 1 heterocycles. The Kier molecular flexibility index (Phi) is 6.40. The predicted octanol–water partition coefficient (Wildman–Crippen LogP) is 0.427. The van der Waals surface area contributed by atoms with Gasteiger partial charge in [-0.1, -0.05) is 6.42 Å². The van der Waals surface area contributed by atoms with E-state index in [0.717, 1.165) is 13.0 Å². The van der Waals surface area contributed by atoms with Gasteiger partial charge in [0.15, 0.2) is 0 Å². The largest absolute Gasteiger partial charge is 0.381 e. The molecule has 0 radical (unpaired) electrons. The molecule has 1 rings (SSSR count). The summed E-state index contributed by atoms with van der Waals surface area (Å²) in [5, 5.41) is 3.35. The molecule has 6 heteroatoms. The van der Waals surface area contributed by atoms with Gasteiger partial charge < -0.3 is 10.1 Å². The van der Waals surface area contributed by atoms with Crippen molar-refractivity contribution in [2.75, 3.05) is 39.1 Å². The number of hydrogen-bond acceptors (Lipinski definition) is 4. The molecule has 0 amide bonds. The van der Waals surface area contributed by atoms with Crippen LogP contribution in [0.25, 0.3) is 0 Å². The highest BCUT2D eigenvalue weighted by Gasteiger charge is 2.22. The number of piperidine rings is 1. The van der Waals surface area contributed by atoms with E-state index in [9.17, 15) is 8.42 Å². The third kappa shape index (κ3) is 5.33. The Labute approximate surface area is 105 Å². The molecule has 5 nitrogen and oxygen atoms in total. The van der Waals surface area contributed by atoms with E-state index in [-0.39, 0.29) is 12.4 Å². The number of ether oxygens (including phenoxy) is 1. The summed E-state index contributed by atoms with van der Waals surface area (Å²) in [6, 6.07) is 0.301. The highest BCUT2D eigenvalue weighted by atomic mass is 32.2. The minimum absolute atomic E-state index is 0.0735. The smallest absolute Gasteiger partial charge is 0.216 e. The number of hydrogen-bond donors (Lipinski definition) is 1. The maximum absolute atomic E-state index is 11.9. The molecule has 1 aliphatic heterocycles. The van der Waals surface area contributed by atoms with E-state index in [1.54, 1.807) is 7.05 Å². The molecule has 0 spiro atoms. The van der Waals surface area contributed by atoms with Crippen LogP contribution in [0.4, 0.5) is 0 Å². The Morgan fingerprint density at radius 3 is 2.76 bits per heavy atom. The lowest BCUT2D eigenvalue weighted by Gasteiger charge is -2.27. The quantitative estimate of drug-likeness (QED) is 0.677. The topological polar surface area (TPSA) is 58.6 Å². The maximum atomic E-state index is 11.9. The monoisotopic (exact) mass is 264 g/mol. The van der Waals surface area contributed by atoms with Crippen molar-refractivity contribution >= 4 is 10.0 Å². The Morgan fingerprint density at radius 2 is 2.18 bits per heavy atom. The molecular weight excluding hydrogens is 240 g/mol. The molecule has 0 saturated carbocycles. The summed E-state index contributed by atoms with van der Waals surface area (Å²) in [7, 11) is -1.51. The summed E-state index contributed by atoms with van der Waals surface area (Å²) in [4.78, 5) is 0. The number of nitrogens with zero attached hydrogens (tertiary/aromatic N) is 1. The molecule has 0 bridgehead atoms. The minimum atomic E-state index is -3.16. The van der Waals surface area contributed by atoms with Gasteiger partial charge in [-0.2, -0.15) is 0 Å². The Hall–Kier alpha value is -0.170. The second-order valence-corrected chi connectivity index (χ2v) is 6.64. The molecule has 1 atom stereocenters. The van der Waals surface area contributed by atoms with Crippen LogP contribution in [0.5, 0.6) is 0 Å². The average molecular weight is 264 g/mol. The number of likely N-dealkylation sites (N-methyl/N-ethyl adjacent to an activating group) is 1. The summed E-state index contributed by atoms with van der Waals surface area (Å²) in [5.41, 5.74) is 0. The normalized spacial score (nSPS) is 21.9.